The third kappa shape index (κ3) is 3.23. The van der Waals surface area contributed by atoms with E-state index in [1.165, 1.54) is 20.1 Å². The minimum absolute atomic E-state index is 0.0883. The van der Waals surface area contributed by atoms with Gasteiger partial charge in [-0.1, -0.05) is 13.8 Å². The van der Waals surface area contributed by atoms with Crippen LogP contribution in [0.4, 0.5) is 4.39 Å². The molecule has 0 atom stereocenters. The van der Waals surface area contributed by atoms with Gasteiger partial charge < -0.3 is 9.84 Å². The normalized spacial score (nSPS) is 8.87. The molecule has 0 aliphatic heterocycles. The predicted molar refractivity (Wildman–Crippen MR) is 56.0 cm³/mol. The second kappa shape index (κ2) is 6.01. The zero-order chi connectivity index (χ0) is 12.0. The van der Waals surface area contributed by atoms with Gasteiger partial charge in [-0.25, -0.2) is 4.39 Å². The smallest absolute Gasteiger partial charge is 0.162 e. The monoisotopic (exact) mass is 214 g/mol. The third-order valence-electron chi connectivity index (χ3n) is 1.65. The van der Waals surface area contributed by atoms with Crippen molar-refractivity contribution in [2.45, 2.75) is 20.8 Å². The molecule has 0 aliphatic rings. The van der Waals surface area contributed by atoms with E-state index in [-0.39, 0.29) is 17.1 Å². The van der Waals surface area contributed by atoms with Crippen molar-refractivity contribution in [3.05, 3.63) is 23.5 Å². The van der Waals surface area contributed by atoms with E-state index < -0.39 is 11.6 Å². The molecule has 0 fully saturated rings. The van der Waals surface area contributed by atoms with Crippen molar-refractivity contribution < 1.29 is 19.0 Å². The molecule has 0 bridgehead atoms. The SMILES string of the molecule is CC.COc1cc(C(C)=O)c(F)cc1O. The Kier molecular flexibility index (Phi) is 5.37. The number of carbonyl (C=O) groups excluding carboxylic acids is 1. The Morgan fingerprint density at radius 2 is 1.93 bits per heavy atom. The second-order valence-electron chi connectivity index (χ2n) is 2.56. The number of ketones is 1. The Morgan fingerprint density at radius 1 is 1.40 bits per heavy atom. The van der Waals surface area contributed by atoms with Crippen molar-refractivity contribution in [1.29, 1.82) is 0 Å². The van der Waals surface area contributed by atoms with E-state index >= 15 is 0 Å². The first kappa shape index (κ1) is 13.4. The number of Topliss-reactive ketones (excluding diaryl/α,β-unsaturated/α-hetero) is 1. The summed E-state index contributed by atoms with van der Waals surface area (Å²) in [6.45, 7) is 5.24. The van der Waals surface area contributed by atoms with Gasteiger partial charge in [0.25, 0.3) is 0 Å². The van der Waals surface area contributed by atoms with E-state index in [4.69, 9.17) is 9.84 Å². The van der Waals surface area contributed by atoms with Crippen LogP contribution in [0, 0.1) is 5.82 Å². The number of phenols is 1. The average Bonchev–Trinajstić information content (AvgIpc) is 2.20. The lowest BCUT2D eigenvalue weighted by Gasteiger charge is -2.05. The summed E-state index contributed by atoms with van der Waals surface area (Å²) in [5.41, 5.74) is -0.0883. The van der Waals surface area contributed by atoms with Gasteiger partial charge in [0.05, 0.1) is 12.7 Å². The molecule has 1 aromatic carbocycles. The van der Waals surface area contributed by atoms with E-state index in [0.717, 1.165) is 6.07 Å². The van der Waals surface area contributed by atoms with Crippen molar-refractivity contribution >= 4 is 5.78 Å². The Balaban J connectivity index is 0.000000921. The maximum absolute atomic E-state index is 13.0. The van der Waals surface area contributed by atoms with Gasteiger partial charge in [-0.3, -0.25) is 4.79 Å². The number of hydrogen-bond donors (Lipinski definition) is 1. The van der Waals surface area contributed by atoms with Crippen molar-refractivity contribution in [2.75, 3.05) is 7.11 Å². The van der Waals surface area contributed by atoms with Crippen molar-refractivity contribution in [1.82, 2.24) is 0 Å². The van der Waals surface area contributed by atoms with Crippen LogP contribution in [0.25, 0.3) is 0 Å². The molecule has 0 aliphatic carbocycles. The van der Waals surface area contributed by atoms with Crippen LogP contribution in [0.5, 0.6) is 11.5 Å². The number of halogens is 1. The molecular formula is C11H15FO3. The number of ether oxygens (including phenoxy) is 1. The lowest BCUT2D eigenvalue weighted by atomic mass is 10.1. The zero-order valence-corrected chi connectivity index (χ0v) is 9.30. The molecule has 0 unspecified atom stereocenters. The molecule has 0 heterocycles. The van der Waals surface area contributed by atoms with Gasteiger partial charge in [0.15, 0.2) is 17.3 Å². The van der Waals surface area contributed by atoms with Gasteiger partial charge in [-0.05, 0) is 13.0 Å². The summed E-state index contributed by atoms with van der Waals surface area (Å²) in [5, 5.41) is 9.12. The van der Waals surface area contributed by atoms with Gasteiger partial charge in [0.1, 0.15) is 5.82 Å². The molecule has 0 radical (unpaired) electrons. The molecule has 1 N–H and O–H groups in total. The molecule has 1 aromatic rings. The van der Waals surface area contributed by atoms with E-state index in [1.807, 2.05) is 13.8 Å². The summed E-state index contributed by atoms with van der Waals surface area (Å²) >= 11 is 0. The van der Waals surface area contributed by atoms with Crippen LogP contribution in [0.3, 0.4) is 0 Å². The molecular weight excluding hydrogens is 199 g/mol. The molecule has 0 saturated carbocycles. The third-order valence-corrected chi connectivity index (χ3v) is 1.65. The highest BCUT2D eigenvalue weighted by Crippen LogP contribution is 2.28. The Bertz CT molecular complexity index is 348. The largest absolute Gasteiger partial charge is 0.504 e. The number of benzene rings is 1. The van der Waals surface area contributed by atoms with E-state index in [9.17, 15) is 9.18 Å². The van der Waals surface area contributed by atoms with Crippen molar-refractivity contribution in [3.8, 4) is 11.5 Å². The molecule has 0 amide bonds. The van der Waals surface area contributed by atoms with Gasteiger partial charge in [0.2, 0.25) is 0 Å². The number of hydrogen-bond acceptors (Lipinski definition) is 3. The quantitative estimate of drug-likeness (QED) is 0.770. The maximum atomic E-state index is 13.0. The van der Waals surface area contributed by atoms with Crippen LogP contribution in [-0.4, -0.2) is 18.0 Å². The Labute approximate surface area is 88.5 Å². The minimum Gasteiger partial charge on any atom is -0.504 e. The molecule has 15 heavy (non-hydrogen) atoms. The summed E-state index contributed by atoms with van der Waals surface area (Å²) in [7, 11) is 1.33. The fraction of sp³-hybridized carbons (Fsp3) is 0.364. The highest BCUT2D eigenvalue weighted by atomic mass is 19.1. The number of aromatic hydroxyl groups is 1. The molecule has 0 saturated heterocycles. The minimum atomic E-state index is -0.745. The summed E-state index contributed by atoms with van der Waals surface area (Å²) in [4.78, 5) is 10.9. The van der Waals surface area contributed by atoms with Crippen LogP contribution in [0.1, 0.15) is 31.1 Å². The number of methoxy groups -OCH3 is 1. The Hall–Kier alpha value is -1.58. The summed E-state index contributed by atoms with van der Waals surface area (Å²) in [6.07, 6.45) is 0. The van der Waals surface area contributed by atoms with Crippen molar-refractivity contribution in [2.24, 2.45) is 0 Å². The zero-order valence-electron chi connectivity index (χ0n) is 9.30. The maximum Gasteiger partial charge on any atom is 0.162 e. The fourth-order valence-corrected chi connectivity index (χ4v) is 0.976. The van der Waals surface area contributed by atoms with Crippen LogP contribution in [0.2, 0.25) is 0 Å². The highest BCUT2D eigenvalue weighted by molar-refractivity contribution is 5.95. The summed E-state index contributed by atoms with van der Waals surface area (Å²) < 4.78 is 17.7. The molecule has 84 valence electrons. The van der Waals surface area contributed by atoms with Gasteiger partial charge in [-0.15, -0.1) is 0 Å². The highest BCUT2D eigenvalue weighted by Gasteiger charge is 2.12. The number of carbonyl (C=O) groups is 1. The van der Waals surface area contributed by atoms with Gasteiger partial charge >= 0.3 is 0 Å². The van der Waals surface area contributed by atoms with Gasteiger partial charge in [0, 0.05) is 6.07 Å². The summed E-state index contributed by atoms with van der Waals surface area (Å²) in [5.74, 6) is -1.38. The first-order chi connectivity index (χ1) is 7.06. The summed E-state index contributed by atoms with van der Waals surface area (Å²) in [6, 6.07) is 2.03. The molecule has 3 nitrogen and oxygen atoms in total. The average molecular weight is 214 g/mol. The van der Waals surface area contributed by atoms with Crippen LogP contribution >= 0.6 is 0 Å². The molecule has 0 spiro atoms. The fourth-order valence-electron chi connectivity index (χ4n) is 0.976. The van der Waals surface area contributed by atoms with Crippen LogP contribution < -0.4 is 4.74 Å². The lowest BCUT2D eigenvalue weighted by Crippen LogP contribution is -1.98. The predicted octanol–water partition coefficient (Wildman–Crippen LogP) is 2.77. The van der Waals surface area contributed by atoms with Gasteiger partial charge in [-0.2, -0.15) is 0 Å². The Morgan fingerprint density at radius 3 is 2.33 bits per heavy atom. The molecule has 1 rings (SSSR count). The van der Waals surface area contributed by atoms with Crippen LogP contribution in [-0.2, 0) is 0 Å². The van der Waals surface area contributed by atoms with Crippen LogP contribution in [0.15, 0.2) is 12.1 Å². The second-order valence-corrected chi connectivity index (χ2v) is 2.56. The van der Waals surface area contributed by atoms with E-state index in [1.54, 1.807) is 0 Å². The lowest BCUT2D eigenvalue weighted by molar-refractivity contribution is 0.101. The first-order valence-corrected chi connectivity index (χ1v) is 4.63. The standard InChI is InChI=1S/C9H9FO3.C2H6/c1-5(11)6-3-9(13-2)8(12)4-7(6)10;1-2/h3-4,12H,1-2H3;1-2H3. The number of phenolic OH excluding ortho intramolecular Hbond substituents is 1. The first-order valence-electron chi connectivity index (χ1n) is 4.63. The van der Waals surface area contributed by atoms with E-state index in [0.29, 0.717) is 0 Å². The molecule has 4 heteroatoms. The molecule has 0 aromatic heterocycles. The topological polar surface area (TPSA) is 46.5 Å². The number of rotatable bonds is 2. The van der Waals surface area contributed by atoms with E-state index in [2.05, 4.69) is 0 Å². The van der Waals surface area contributed by atoms with Crippen molar-refractivity contribution in [3.63, 3.8) is 0 Å².